The number of benzene rings is 1. The number of hydrogen-bond acceptors (Lipinski definition) is 7. The Morgan fingerprint density at radius 3 is 2.06 bits per heavy atom. The molecule has 0 bridgehead atoms. The van der Waals surface area contributed by atoms with Gasteiger partial charge in [0, 0.05) is 6.42 Å². The Hall–Kier alpha value is -2.63. The average Bonchev–Trinajstić information content (AvgIpc) is 2.80. The summed E-state index contributed by atoms with van der Waals surface area (Å²) >= 11 is 1.47. The van der Waals surface area contributed by atoms with Crippen molar-refractivity contribution in [2.75, 3.05) is 18.6 Å². The highest BCUT2D eigenvalue weighted by atomic mass is 32.2. The van der Waals surface area contributed by atoms with Crippen LogP contribution in [0.1, 0.15) is 38.2 Å². The van der Waals surface area contributed by atoms with E-state index in [4.69, 9.17) is 11.5 Å². The summed E-state index contributed by atoms with van der Waals surface area (Å²) in [5, 5.41) is 17.3. The van der Waals surface area contributed by atoms with Crippen LogP contribution in [0, 0.1) is 0 Å². The standard InChI is InChI=1S/C23H37N5O5S/c1-15(25)20(29)28-19(14-16-8-4-3-5-9-16)22(31)26-17(10-6-7-12-24)21(30)27-18(23(32)33)11-13-34-2/h3-5,8-9,15,17-19H,6-7,10-14,24-25H2,1-2H3,(H,26,31)(H,27,30)(H,28,29)(H,32,33). The highest BCUT2D eigenvalue weighted by Gasteiger charge is 2.29. The van der Waals surface area contributed by atoms with E-state index in [-0.39, 0.29) is 19.3 Å². The number of aliphatic carboxylic acids is 1. The number of unbranched alkanes of at least 4 members (excludes halogenated alkanes) is 1. The van der Waals surface area contributed by atoms with E-state index < -0.39 is 47.9 Å². The van der Waals surface area contributed by atoms with Gasteiger partial charge < -0.3 is 32.5 Å². The van der Waals surface area contributed by atoms with Crippen molar-refractivity contribution in [3.05, 3.63) is 35.9 Å². The Bertz CT molecular complexity index is 793. The zero-order chi connectivity index (χ0) is 25.5. The van der Waals surface area contributed by atoms with E-state index in [9.17, 15) is 24.3 Å². The molecule has 11 heteroatoms. The molecule has 0 fully saturated rings. The first-order valence-corrected chi connectivity index (χ1v) is 12.7. The van der Waals surface area contributed by atoms with Crippen LogP contribution in [-0.4, -0.2) is 71.5 Å². The molecule has 0 saturated heterocycles. The van der Waals surface area contributed by atoms with Gasteiger partial charge in [0.05, 0.1) is 6.04 Å². The van der Waals surface area contributed by atoms with Crippen LogP contribution in [0.4, 0.5) is 0 Å². The minimum atomic E-state index is -1.14. The molecule has 10 nitrogen and oxygen atoms in total. The summed E-state index contributed by atoms with van der Waals surface area (Å²) in [6, 6.07) is 5.32. The molecule has 0 heterocycles. The molecule has 8 N–H and O–H groups in total. The zero-order valence-electron chi connectivity index (χ0n) is 19.8. The van der Waals surface area contributed by atoms with Gasteiger partial charge in [-0.25, -0.2) is 4.79 Å². The van der Waals surface area contributed by atoms with Gasteiger partial charge in [-0.2, -0.15) is 11.8 Å². The largest absolute Gasteiger partial charge is 0.480 e. The topological polar surface area (TPSA) is 177 Å². The molecule has 0 aliphatic rings. The van der Waals surface area contributed by atoms with Gasteiger partial charge in [-0.3, -0.25) is 14.4 Å². The summed E-state index contributed by atoms with van der Waals surface area (Å²) in [5.74, 6) is -2.22. The Morgan fingerprint density at radius 2 is 1.50 bits per heavy atom. The van der Waals surface area contributed by atoms with Crippen molar-refractivity contribution in [3.63, 3.8) is 0 Å². The Kier molecular flexibility index (Phi) is 13.9. The lowest BCUT2D eigenvalue weighted by atomic mass is 10.0. The molecule has 3 amide bonds. The van der Waals surface area contributed by atoms with E-state index in [1.807, 2.05) is 36.6 Å². The molecule has 0 saturated carbocycles. The number of carbonyl (C=O) groups excluding carboxylic acids is 3. The van der Waals surface area contributed by atoms with Crippen LogP contribution in [0.2, 0.25) is 0 Å². The lowest BCUT2D eigenvalue weighted by molar-refractivity contribution is -0.142. The highest BCUT2D eigenvalue weighted by molar-refractivity contribution is 7.98. The fourth-order valence-corrected chi connectivity index (χ4v) is 3.63. The van der Waals surface area contributed by atoms with E-state index >= 15 is 0 Å². The van der Waals surface area contributed by atoms with Crippen molar-refractivity contribution in [1.82, 2.24) is 16.0 Å². The molecular weight excluding hydrogens is 458 g/mol. The van der Waals surface area contributed by atoms with Gasteiger partial charge in [-0.15, -0.1) is 0 Å². The molecule has 190 valence electrons. The molecule has 1 aromatic rings. The number of amides is 3. The molecule has 0 aliphatic heterocycles. The van der Waals surface area contributed by atoms with E-state index in [2.05, 4.69) is 16.0 Å². The van der Waals surface area contributed by atoms with Crippen molar-refractivity contribution in [2.45, 2.75) is 63.2 Å². The third-order valence-corrected chi connectivity index (χ3v) is 5.78. The summed E-state index contributed by atoms with van der Waals surface area (Å²) in [4.78, 5) is 49.9. The van der Waals surface area contributed by atoms with Gasteiger partial charge >= 0.3 is 5.97 Å². The van der Waals surface area contributed by atoms with E-state index in [0.29, 0.717) is 25.1 Å². The van der Waals surface area contributed by atoms with Crippen LogP contribution >= 0.6 is 11.8 Å². The Balaban J connectivity index is 3.02. The van der Waals surface area contributed by atoms with E-state index in [1.165, 1.54) is 18.7 Å². The monoisotopic (exact) mass is 495 g/mol. The van der Waals surface area contributed by atoms with Gasteiger partial charge in [-0.1, -0.05) is 30.3 Å². The molecule has 1 rings (SSSR count). The summed E-state index contributed by atoms with van der Waals surface area (Å²) in [6.45, 7) is 1.94. The number of thioether (sulfide) groups is 1. The number of nitrogens with two attached hydrogens (primary N) is 2. The summed E-state index contributed by atoms with van der Waals surface area (Å²) in [5.41, 5.74) is 12.0. The summed E-state index contributed by atoms with van der Waals surface area (Å²) < 4.78 is 0. The molecule has 4 atom stereocenters. The van der Waals surface area contributed by atoms with Gasteiger partial charge in [0.25, 0.3) is 0 Å². The lowest BCUT2D eigenvalue weighted by Crippen LogP contribution is -2.57. The quantitative estimate of drug-likeness (QED) is 0.174. The normalized spacial score (nSPS) is 14.4. The number of nitrogens with one attached hydrogen (secondary N) is 3. The lowest BCUT2D eigenvalue weighted by Gasteiger charge is -2.25. The van der Waals surface area contributed by atoms with Gasteiger partial charge in [-0.05, 0) is 56.7 Å². The Labute approximate surface area is 205 Å². The predicted molar refractivity (Wildman–Crippen MR) is 133 cm³/mol. The fourth-order valence-electron chi connectivity index (χ4n) is 3.16. The van der Waals surface area contributed by atoms with Crippen molar-refractivity contribution >= 4 is 35.5 Å². The van der Waals surface area contributed by atoms with Crippen molar-refractivity contribution in [3.8, 4) is 0 Å². The second kappa shape index (κ2) is 16.1. The highest BCUT2D eigenvalue weighted by Crippen LogP contribution is 2.08. The number of rotatable bonds is 16. The van der Waals surface area contributed by atoms with Gasteiger partial charge in [0.2, 0.25) is 17.7 Å². The van der Waals surface area contributed by atoms with Gasteiger partial charge in [0.15, 0.2) is 0 Å². The summed E-state index contributed by atoms with van der Waals surface area (Å²) in [7, 11) is 0. The van der Waals surface area contributed by atoms with Crippen LogP contribution in [0.3, 0.4) is 0 Å². The first-order chi connectivity index (χ1) is 16.2. The fraction of sp³-hybridized carbons (Fsp3) is 0.565. The molecule has 4 unspecified atom stereocenters. The number of carboxylic acid groups (broad SMARTS) is 1. The number of carbonyl (C=O) groups is 4. The molecule has 0 aromatic heterocycles. The molecule has 0 radical (unpaired) electrons. The SMILES string of the molecule is CSCCC(NC(=O)C(CCCCN)NC(=O)C(Cc1ccccc1)NC(=O)C(C)N)C(=O)O. The molecule has 1 aromatic carbocycles. The molecular formula is C23H37N5O5S. The van der Waals surface area contributed by atoms with Crippen molar-refractivity contribution < 1.29 is 24.3 Å². The van der Waals surface area contributed by atoms with E-state index in [1.54, 1.807) is 0 Å². The summed E-state index contributed by atoms with van der Waals surface area (Å²) in [6.07, 6.45) is 3.79. The molecule has 0 spiro atoms. The maximum absolute atomic E-state index is 13.2. The zero-order valence-corrected chi connectivity index (χ0v) is 20.6. The average molecular weight is 496 g/mol. The van der Waals surface area contributed by atoms with Gasteiger partial charge in [0.1, 0.15) is 18.1 Å². The first kappa shape index (κ1) is 29.4. The third kappa shape index (κ3) is 11.0. The van der Waals surface area contributed by atoms with Crippen LogP contribution in [0.25, 0.3) is 0 Å². The first-order valence-electron chi connectivity index (χ1n) is 11.3. The maximum atomic E-state index is 13.2. The van der Waals surface area contributed by atoms with Crippen LogP contribution < -0.4 is 27.4 Å². The van der Waals surface area contributed by atoms with Crippen LogP contribution in [0.5, 0.6) is 0 Å². The minimum Gasteiger partial charge on any atom is -0.480 e. The Morgan fingerprint density at radius 1 is 0.912 bits per heavy atom. The maximum Gasteiger partial charge on any atom is 0.326 e. The second-order valence-corrected chi connectivity index (χ2v) is 9.05. The minimum absolute atomic E-state index is 0.202. The number of carboxylic acids is 1. The van der Waals surface area contributed by atoms with Crippen LogP contribution in [-0.2, 0) is 25.6 Å². The van der Waals surface area contributed by atoms with Crippen LogP contribution in [0.15, 0.2) is 30.3 Å². The molecule has 0 aliphatic carbocycles. The second-order valence-electron chi connectivity index (χ2n) is 8.07. The molecule has 34 heavy (non-hydrogen) atoms. The smallest absolute Gasteiger partial charge is 0.326 e. The van der Waals surface area contributed by atoms with Crippen molar-refractivity contribution in [2.24, 2.45) is 11.5 Å². The van der Waals surface area contributed by atoms with Crippen molar-refractivity contribution in [1.29, 1.82) is 0 Å². The number of hydrogen-bond donors (Lipinski definition) is 6. The predicted octanol–water partition coefficient (Wildman–Crippen LogP) is -0.00260. The van der Waals surface area contributed by atoms with E-state index in [0.717, 1.165) is 5.56 Å². The third-order valence-electron chi connectivity index (χ3n) is 5.13.